The molecule has 1 N–H and O–H groups in total. The van der Waals surface area contributed by atoms with Crippen LogP contribution in [0.2, 0.25) is 0 Å². The van der Waals surface area contributed by atoms with E-state index in [2.05, 4.69) is 50.4 Å². The lowest BCUT2D eigenvalue weighted by Crippen LogP contribution is -2.49. The van der Waals surface area contributed by atoms with E-state index in [1.807, 2.05) is 37.3 Å². The van der Waals surface area contributed by atoms with Crippen LogP contribution in [-0.2, 0) is 22.6 Å². The van der Waals surface area contributed by atoms with Crippen molar-refractivity contribution in [2.24, 2.45) is 0 Å². The van der Waals surface area contributed by atoms with Gasteiger partial charge in [-0.15, -0.1) is 0 Å². The summed E-state index contributed by atoms with van der Waals surface area (Å²) in [4.78, 5) is 27.9. The van der Waals surface area contributed by atoms with Crippen molar-refractivity contribution in [1.29, 1.82) is 0 Å². The second kappa shape index (κ2) is 12.9. The minimum atomic E-state index is -0.451. The van der Waals surface area contributed by atoms with Gasteiger partial charge in [-0.25, -0.2) is 0 Å². The molecule has 0 fully saturated rings. The van der Waals surface area contributed by atoms with Gasteiger partial charge in [0, 0.05) is 19.5 Å². The third-order valence-corrected chi connectivity index (χ3v) is 5.69. The van der Waals surface area contributed by atoms with Gasteiger partial charge in [0.1, 0.15) is 6.04 Å². The van der Waals surface area contributed by atoms with E-state index in [9.17, 15) is 9.59 Å². The molecule has 2 rings (SSSR count). The van der Waals surface area contributed by atoms with E-state index >= 15 is 0 Å². The number of benzene rings is 2. The Hall–Kier alpha value is -2.62. The SMILES string of the molecule is CCCCNC(=O)C(CC)N(Cc1ccccc1)C(=O)CCc1ccc(C(C)C)cc1. The summed E-state index contributed by atoms with van der Waals surface area (Å²) in [7, 11) is 0. The van der Waals surface area contributed by atoms with Gasteiger partial charge in [-0.3, -0.25) is 9.59 Å². The second-order valence-electron chi connectivity index (χ2n) is 8.47. The molecule has 1 atom stereocenters. The molecule has 31 heavy (non-hydrogen) atoms. The maximum Gasteiger partial charge on any atom is 0.242 e. The monoisotopic (exact) mass is 422 g/mol. The van der Waals surface area contributed by atoms with Crippen molar-refractivity contribution in [3.8, 4) is 0 Å². The highest BCUT2D eigenvalue weighted by molar-refractivity contribution is 5.87. The number of carbonyl (C=O) groups excluding carboxylic acids is 2. The second-order valence-corrected chi connectivity index (χ2v) is 8.47. The molecule has 0 radical (unpaired) electrons. The molecule has 4 nitrogen and oxygen atoms in total. The number of carbonyl (C=O) groups is 2. The zero-order chi connectivity index (χ0) is 22.6. The molecule has 0 aromatic heterocycles. The van der Waals surface area contributed by atoms with E-state index in [1.54, 1.807) is 4.90 Å². The van der Waals surface area contributed by atoms with Crippen molar-refractivity contribution in [1.82, 2.24) is 10.2 Å². The van der Waals surface area contributed by atoms with E-state index in [0.717, 1.165) is 24.0 Å². The van der Waals surface area contributed by atoms with Crippen LogP contribution in [0.1, 0.15) is 76.0 Å². The number of hydrogen-bond donors (Lipinski definition) is 1. The molecule has 0 aliphatic rings. The highest BCUT2D eigenvalue weighted by Gasteiger charge is 2.28. The number of nitrogens with zero attached hydrogens (tertiary/aromatic N) is 1. The Bertz CT molecular complexity index is 800. The van der Waals surface area contributed by atoms with Crippen LogP contribution in [0.4, 0.5) is 0 Å². The van der Waals surface area contributed by atoms with Gasteiger partial charge < -0.3 is 10.2 Å². The molecule has 0 heterocycles. The molecule has 0 aliphatic carbocycles. The van der Waals surface area contributed by atoms with Crippen LogP contribution in [0.25, 0.3) is 0 Å². The first-order valence-electron chi connectivity index (χ1n) is 11.7. The minimum absolute atomic E-state index is 0.0225. The van der Waals surface area contributed by atoms with Gasteiger partial charge in [-0.05, 0) is 41.9 Å². The molecule has 0 spiro atoms. The predicted molar refractivity (Wildman–Crippen MR) is 128 cm³/mol. The highest BCUT2D eigenvalue weighted by atomic mass is 16.2. The molecule has 0 saturated heterocycles. The van der Waals surface area contributed by atoms with Gasteiger partial charge in [-0.2, -0.15) is 0 Å². The van der Waals surface area contributed by atoms with Crippen LogP contribution in [0.5, 0.6) is 0 Å². The molecular weight excluding hydrogens is 384 g/mol. The van der Waals surface area contributed by atoms with Crippen LogP contribution >= 0.6 is 0 Å². The van der Waals surface area contributed by atoms with E-state index < -0.39 is 6.04 Å². The zero-order valence-electron chi connectivity index (χ0n) is 19.6. The number of nitrogens with one attached hydrogen (secondary N) is 1. The van der Waals surface area contributed by atoms with Crippen molar-refractivity contribution < 1.29 is 9.59 Å². The van der Waals surface area contributed by atoms with Crippen LogP contribution in [0.15, 0.2) is 54.6 Å². The summed E-state index contributed by atoms with van der Waals surface area (Å²) < 4.78 is 0. The molecule has 168 valence electrons. The van der Waals surface area contributed by atoms with Gasteiger partial charge >= 0.3 is 0 Å². The fraction of sp³-hybridized carbons (Fsp3) is 0.481. The van der Waals surface area contributed by atoms with Crippen LogP contribution in [0, 0.1) is 0 Å². The standard InChI is InChI=1S/C27H38N2O2/c1-5-7-19-28-27(31)25(6-2)29(20-23-11-9-8-10-12-23)26(30)18-15-22-13-16-24(17-14-22)21(3)4/h8-14,16-17,21,25H,5-7,15,18-20H2,1-4H3,(H,28,31). The van der Waals surface area contributed by atoms with Crippen molar-refractivity contribution in [2.45, 2.75) is 78.3 Å². The summed E-state index contributed by atoms with van der Waals surface area (Å²) >= 11 is 0. The molecule has 1 unspecified atom stereocenters. The Morgan fingerprint density at radius 3 is 2.19 bits per heavy atom. The lowest BCUT2D eigenvalue weighted by atomic mass is 10.00. The van der Waals surface area contributed by atoms with Gasteiger partial charge in [-0.1, -0.05) is 88.7 Å². The lowest BCUT2D eigenvalue weighted by molar-refractivity contribution is -0.141. The first-order chi connectivity index (χ1) is 15.0. The molecule has 2 aromatic carbocycles. The van der Waals surface area contributed by atoms with Crippen molar-refractivity contribution in [3.05, 3.63) is 71.3 Å². The fourth-order valence-electron chi connectivity index (χ4n) is 3.67. The smallest absolute Gasteiger partial charge is 0.242 e. The fourth-order valence-corrected chi connectivity index (χ4v) is 3.67. The number of amides is 2. The molecule has 0 saturated carbocycles. The normalized spacial score (nSPS) is 11.9. The largest absolute Gasteiger partial charge is 0.354 e. The topological polar surface area (TPSA) is 49.4 Å². The summed E-state index contributed by atoms with van der Waals surface area (Å²) in [5, 5.41) is 3.01. The average Bonchev–Trinajstić information content (AvgIpc) is 2.78. The summed E-state index contributed by atoms with van der Waals surface area (Å²) in [6.45, 7) is 9.53. The highest BCUT2D eigenvalue weighted by Crippen LogP contribution is 2.18. The quantitative estimate of drug-likeness (QED) is 0.461. The van der Waals surface area contributed by atoms with Crippen molar-refractivity contribution in [3.63, 3.8) is 0 Å². The third-order valence-electron chi connectivity index (χ3n) is 5.69. The molecule has 2 amide bonds. The molecule has 0 bridgehead atoms. The van der Waals surface area contributed by atoms with Gasteiger partial charge in [0.25, 0.3) is 0 Å². The molecule has 2 aromatic rings. The first-order valence-corrected chi connectivity index (χ1v) is 11.7. The summed E-state index contributed by atoms with van der Waals surface area (Å²) in [5.41, 5.74) is 3.49. The molecular formula is C27H38N2O2. The average molecular weight is 423 g/mol. The Balaban J connectivity index is 2.11. The van der Waals surface area contributed by atoms with Gasteiger partial charge in [0.15, 0.2) is 0 Å². The number of rotatable bonds is 12. The van der Waals surface area contributed by atoms with Gasteiger partial charge in [0.05, 0.1) is 0 Å². The van der Waals surface area contributed by atoms with Crippen molar-refractivity contribution >= 4 is 11.8 Å². The number of hydrogen-bond acceptors (Lipinski definition) is 2. The van der Waals surface area contributed by atoms with Crippen LogP contribution < -0.4 is 5.32 Å². The number of unbranched alkanes of at least 4 members (excludes halogenated alkanes) is 1. The Morgan fingerprint density at radius 1 is 0.935 bits per heavy atom. The van der Waals surface area contributed by atoms with Crippen LogP contribution in [-0.4, -0.2) is 29.3 Å². The first kappa shape index (κ1) is 24.6. The Morgan fingerprint density at radius 2 is 1.61 bits per heavy atom. The third kappa shape index (κ3) is 7.86. The lowest BCUT2D eigenvalue weighted by Gasteiger charge is -2.31. The maximum absolute atomic E-state index is 13.3. The van der Waals surface area contributed by atoms with E-state index in [-0.39, 0.29) is 11.8 Å². The Labute approximate surface area is 188 Å². The number of aryl methyl sites for hydroxylation is 1. The predicted octanol–water partition coefficient (Wildman–Crippen LogP) is 5.47. The zero-order valence-corrected chi connectivity index (χ0v) is 19.6. The minimum Gasteiger partial charge on any atom is -0.354 e. The van der Waals surface area contributed by atoms with Crippen molar-refractivity contribution in [2.75, 3.05) is 6.54 Å². The maximum atomic E-state index is 13.3. The van der Waals surface area contributed by atoms with E-state index in [1.165, 1.54) is 5.56 Å². The Kier molecular flexibility index (Phi) is 10.3. The molecule has 4 heteroatoms. The van der Waals surface area contributed by atoms with E-state index in [4.69, 9.17) is 0 Å². The molecule has 0 aliphatic heterocycles. The summed E-state index contributed by atoms with van der Waals surface area (Å²) in [6, 6.07) is 18.0. The van der Waals surface area contributed by atoms with Crippen LogP contribution in [0.3, 0.4) is 0 Å². The summed E-state index contributed by atoms with van der Waals surface area (Å²) in [5.74, 6) is 0.462. The van der Waals surface area contributed by atoms with E-state index in [0.29, 0.717) is 38.3 Å². The summed E-state index contributed by atoms with van der Waals surface area (Å²) in [6.07, 6.45) is 3.64. The van der Waals surface area contributed by atoms with Gasteiger partial charge in [0.2, 0.25) is 11.8 Å².